The second-order valence-electron chi connectivity index (χ2n) is 11.1. The van der Waals surface area contributed by atoms with E-state index in [1.165, 1.54) is 12.0 Å². The molecule has 2 heterocycles. The first kappa shape index (κ1) is 23.2. The number of rotatable bonds is 5. The van der Waals surface area contributed by atoms with Crippen molar-refractivity contribution >= 4 is 35.1 Å². The molecule has 0 spiro atoms. The predicted octanol–water partition coefficient (Wildman–Crippen LogP) is 3.52. The van der Waals surface area contributed by atoms with E-state index in [1.807, 2.05) is 19.1 Å². The molecule has 2 aromatic carbocycles. The molecule has 7 atom stereocenters. The van der Waals surface area contributed by atoms with Gasteiger partial charge in [0, 0.05) is 13.0 Å². The maximum absolute atomic E-state index is 13.5. The second kappa shape index (κ2) is 8.28. The van der Waals surface area contributed by atoms with Crippen LogP contribution in [0.5, 0.6) is 11.5 Å². The molecule has 2 aromatic rings. The number of esters is 1. The molecule has 0 N–H and O–H groups in total. The Morgan fingerprint density at radius 2 is 1.61 bits per heavy atom. The summed E-state index contributed by atoms with van der Waals surface area (Å²) in [6, 6.07) is 12.2. The summed E-state index contributed by atoms with van der Waals surface area (Å²) in [7, 11) is 1.54. The highest BCUT2D eigenvalue weighted by Gasteiger charge is 2.67. The van der Waals surface area contributed by atoms with Gasteiger partial charge in [-0.15, -0.1) is 0 Å². The average Bonchev–Trinajstić information content (AvgIpc) is 3.60. The SMILES string of the molecule is COc1ccccc1N1C[C@H](C(=O)Oc2ccc(N3C(=O)[C@@H]4[C@H]5C=C[C@@H]([C@@H]6C[C@H]56)[C@@H]4C3=O)c(C)c2)CC1=O. The summed E-state index contributed by atoms with van der Waals surface area (Å²) < 4.78 is 11.0. The van der Waals surface area contributed by atoms with E-state index in [9.17, 15) is 19.2 Å². The van der Waals surface area contributed by atoms with Gasteiger partial charge in [-0.3, -0.25) is 19.2 Å². The molecule has 2 saturated carbocycles. The lowest BCUT2D eigenvalue weighted by molar-refractivity contribution is -0.139. The minimum atomic E-state index is -0.619. The van der Waals surface area contributed by atoms with Crippen LogP contribution in [0.2, 0.25) is 0 Å². The van der Waals surface area contributed by atoms with Crippen LogP contribution in [-0.2, 0) is 19.2 Å². The Morgan fingerprint density at radius 1 is 0.921 bits per heavy atom. The van der Waals surface area contributed by atoms with Gasteiger partial charge in [0.1, 0.15) is 11.5 Å². The second-order valence-corrected chi connectivity index (χ2v) is 11.1. The summed E-state index contributed by atoms with van der Waals surface area (Å²) in [5.41, 5.74) is 1.84. The molecule has 8 heteroatoms. The topological polar surface area (TPSA) is 93.2 Å². The van der Waals surface area contributed by atoms with Crippen molar-refractivity contribution in [2.45, 2.75) is 19.8 Å². The van der Waals surface area contributed by atoms with Crippen LogP contribution >= 0.6 is 0 Å². The number of anilines is 2. The van der Waals surface area contributed by atoms with E-state index >= 15 is 0 Å². The number of para-hydroxylation sites is 2. The Hall–Kier alpha value is -3.94. The molecule has 4 fully saturated rings. The molecule has 3 amide bonds. The molecule has 2 bridgehead atoms. The van der Waals surface area contributed by atoms with Crippen molar-refractivity contribution in [3.63, 3.8) is 0 Å². The standard InChI is InChI=1S/C30H28N2O6/c1-15-11-17(38-30(36)16-12-25(33)31(14-16)23-5-3-4-6-24(23)37-2)7-10-22(15)32-28(34)26-18-8-9-19(21-13-20(18)21)27(26)29(32)35/h3-11,16,18-21,26-27H,12-14H2,1-2H3/t16-,18+,19+,20-,21+,26-,27+/m1/s1. The van der Waals surface area contributed by atoms with Crippen molar-refractivity contribution in [2.24, 2.45) is 41.4 Å². The zero-order valence-electron chi connectivity index (χ0n) is 21.2. The number of aryl methyl sites for hydroxylation is 1. The highest BCUT2D eigenvalue weighted by Crippen LogP contribution is 2.65. The van der Waals surface area contributed by atoms with Crippen molar-refractivity contribution < 1.29 is 28.7 Å². The van der Waals surface area contributed by atoms with Gasteiger partial charge in [-0.25, -0.2) is 4.90 Å². The first-order valence-corrected chi connectivity index (χ1v) is 13.2. The monoisotopic (exact) mass is 512 g/mol. The Morgan fingerprint density at radius 3 is 2.26 bits per heavy atom. The van der Waals surface area contributed by atoms with Crippen molar-refractivity contribution in [1.82, 2.24) is 0 Å². The van der Waals surface area contributed by atoms with Gasteiger partial charge in [-0.05, 0) is 72.9 Å². The molecular formula is C30H28N2O6. The van der Waals surface area contributed by atoms with E-state index in [4.69, 9.17) is 9.47 Å². The fourth-order valence-electron chi connectivity index (χ4n) is 7.29. The summed E-state index contributed by atoms with van der Waals surface area (Å²) in [5.74, 6) is 0.284. The zero-order chi connectivity index (χ0) is 26.3. The molecule has 0 unspecified atom stereocenters. The Balaban J connectivity index is 1.07. The number of benzene rings is 2. The molecule has 8 nitrogen and oxygen atoms in total. The summed E-state index contributed by atoms with van der Waals surface area (Å²) in [6.07, 6.45) is 5.49. The van der Waals surface area contributed by atoms with Crippen molar-refractivity contribution in [1.29, 1.82) is 0 Å². The van der Waals surface area contributed by atoms with Crippen molar-refractivity contribution in [3.8, 4) is 11.5 Å². The van der Waals surface area contributed by atoms with Gasteiger partial charge in [0.25, 0.3) is 0 Å². The van der Waals surface area contributed by atoms with Gasteiger partial charge < -0.3 is 14.4 Å². The molecule has 0 radical (unpaired) electrons. The number of nitrogens with zero attached hydrogens (tertiary/aromatic N) is 2. The van der Waals surface area contributed by atoms with Crippen LogP contribution in [0.3, 0.4) is 0 Å². The minimum Gasteiger partial charge on any atom is -0.495 e. The fraction of sp³-hybridized carbons (Fsp3) is 0.400. The third-order valence-electron chi connectivity index (χ3n) is 9.12. The number of ether oxygens (including phenoxy) is 2. The number of allylic oxidation sites excluding steroid dienone is 2. The summed E-state index contributed by atoms with van der Waals surface area (Å²) in [6.45, 7) is 2.01. The predicted molar refractivity (Wildman–Crippen MR) is 137 cm³/mol. The van der Waals surface area contributed by atoms with Crippen molar-refractivity contribution in [3.05, 3.63) is 60.2 Å². The van der Waals surface area contributed by atoms with E-state index < -0.39 is 11.9 Å². The quantitative estimate of drug-likeness (QED) is 0.263. The summed E-state index contributed by atoms with van der Waals surface area (Å²) in [4.78, 5) is 55.5. The normalized spacial score (nSPS) is 32.5. The van der Waals surface area contributed by atoms with Crippen LogP contribution in [-0.4, -0.2) is 37.3 Å². The largest absolute Gasteiger partial charge is 0.495 e. The van der Waals surface area contributed by atoms with Gasteiger partial charge in [-0.2, -0.15) is 0 Å². The van der Waals surface area contributed by atoms with Gasteiger partial charge in [-0.1, -0.05) is 24.3 Å². The Kier molecular flexibility index (Phi) is 5.05. The van der Waals surface area contributed by atoms with Gasteiger partial charge >= 0.3 is 5.97 Å². The average molecular weight is 513 g/mol. The summed E-state index contributed by atoms with van der Waals surface area (Å²) in [5, 5.41) is 0. The van der Waals surface area contributed by atoms with Gasteiger partial charge in [0.05, 0.1) is 36.2 Å². The number of hydrogen-bond donors (Lipinski definition) is 0. The van der Waals surface area contributed by atoms with E-state index in [-0.39, 0.29) is 54.4 Å². The van der Waals surface area contributed by atoms with Crippen LogP contribution in [0, 0.1) is 48.3 Å². The third-order valence-corrected chi connectivity index (χ3v) is 9.12. The molecule has 0 aromatic heterocycles. The maximum atomic E-state index is 13.5. The van der Waals surface area contributed by atoms with Gasteiger partial charge in [0.2, 0.25) is 17.7 Å². The molecule has 8 rings (SSSR count). The summed E-state index contributed by atoms with van der Waals surface area (Å²) >= 11 is 0. The Bertz CT molecular complexity index is 1400. The van der Waals surface area contributed by atoms with E-state index in [1.54, 1.807) is 35.2 Å². The Labute approximate surface area is 220 Å². The molecule has 2 saturated heterocycles. The fourth-order valence-corrected chi connectivity index (χ4v) is 7.29. The van der Waals surface area contributed by atoms with Crippen LogP contribution in [0.25, 0.3) is 0 Å². The highest BCUT2D eigenvalue weighted by molar-refractivity contribution is 6.23. The number of hydrogen-bond acceptors (Lipinski definition) is 6. The highest BCUT2D eigenvalue weighted by atomic mass is 16.5. The molecule has 194 valence electrons. The van der Waals surface area contributed by atoms with Crippen LogP contribution < -0.4 is 19.3 Å². The van der Waals surface area contributed by atoms with Crippen LogP contribution in [0.4, 0.5) is 11.4 Å². The minimum absolute atomic E-state index is 0.0475. The van der Waals surface area contributed by atoms with E-state index in [0.717, 1.165) is 6.42 Å². The first-order valence-electron chi connectivity index (χ1n) is 13.2. The first-order chi connectivity index (χ1) is 18.4. The number of imide groups is 1. The number of amides is 3. The van der Waals surface area contributed by atoms with Crippen LogP contribution in [0.15, 0.2) is 54.6 Å². The van der Waals surface area contributed by atoms with E-state index in [2.05, 4.69) is 12.2 Å². The van der Waals surface area contributed by atoms with Crippen molar-refractivity contribution in [2.75, 3.05) is 23.5 Å². The molecule has 4 aliphatic carbocycles. The smallest absolute Gasteiger partial charge is 0.316 e. The lowest BCUT2D eigenvalue weighted by Gasteiger charge is -2.37. The van der Waals surface area contributed by atoms with Gasteiger partial charge in [0.15, 0.2) is 0 Å². The maximum Gasteiger partial charge on any atom is 0.316 e. The molecular weight excluding hydrogens is 484 g/mol. The molecule has 38 heavy (non-hydrogen) atoms. The number of carbonyl (C=O) groups is 4. The lowest BCUT2D eigenvalue weighted by Crippen LogP contribution is -2.40. The van der Waals surface area contributed by atoms with Crippen LogP contribution in [0.1, 0.15) is 18.4 Å². The molecule has 2 aliphatic heterocycles. The number of methoxy groups -OCH3 is 1. The number of carbonyl (C=O) groups excluding carboxylic acids is 4. The lowest BCUT2D eigenvalue weighted by atomic mass is 9.63. The van der Waals surface area contributed by atoms with E-state index in [0.29, 0.717) is 40.3 Å². The molecule has 6 aliphatic rings. The zero-order valence-corrected chi connectivity index (χ0v) is 21.2. The third kappa shape index (κ3) is 3.28.